The van der Waals surface area contributed by atoms with E-state index >= 15 is 0 Å². The van der Waals surface area contributed by atoms with Gasteiger partial charge in [0.05, 0.1) is 0 Å². The molecule has 0 bridgehead atoms. The molecule has 0 aliphatic carbocycles. The van der Waals surface area contributed by atoms with Gasteiger partial charge in [-0.25, -0.2) is 0 Å². The molecule has 7 nitrogen and oxygen atoms in total. The minimum Gasteiger partial charge on any atom is -0.346 e. The summed E-state index contributed by atoms with van der Waals surface area (Å²) in [6, 6.07) is 0. The molecule has 1 aliphatic heterocycles. The minimum atomic E-state index is -1.76. The second-order valence-electron chi connectivity index (χ2n) is 10.4. The maximum absolute atomic E-state index is 4.00. The van der Waals surface area contributed by atoms with Gasteiger partial charge in [0.2, 0.25) is 0 Å². The second-order valence-corrected chi connectivity index (χ2v) is 37.7. The first-order valence-electron chi connectivity index (χ1n) is 10.5. The van der Waals surface area contributed by atoms with E-state index in [4.69, 9.17) is 0 Å². The van der Waals surface area contributed by atoms with Crippen LogP contribution in [0.15, 0.2) is 0 Å². The van der Waals surface area contributed by atoms with Gasteiger partial charge >= 0.3 is 0 Å². The van der Waals surface area contributed by atoms with Crippen molar-refractivity contribution in [3.05, 3.63) is 0 Å². The zero-order chi connectivity index (χ0) is 22.3. The fourth-order valence-electron chi connectivity index (χ4n) is 4.20. The van der Waals surface area contributed by atoms with Crippen molar-refractivity contribution in [1.29, 1.82) is 0 Å². The summed E-state index contributed by atoms with van der Waals surface area (Å²) in [6.45, 7) is 23.0. The first-order valence-corrected chi connectivity index (χ1v) is 27.1. The van der Waals surface area contributed by atoms with E-state index in [0.717, 1.165) is 0 Å². The molecule has 2 N–H and O–H groups in total. The van der Waals surface area contributed by atoms with Crippen molar-refractivity contribution in [3.63, 3.8) is 0 Å². The molecule has 0 aromatic rings. The van der Waals surface area contributed by atoms with Crippen molar-refractivity contribution in [2.24, 2.45) is 0 Å². The molecule has 0 saturated carbocycles. The van der Waals surface area contributed by atoms with E-state index < -0.39 is 52.6 Å². The van der Waals surface area contributed by atoms with Gasteiger partial charge in [0.1, 0.15) is 0 Å². The molecule has 168 valence electrons. The maximum Gasteiger partial charge on any atom is 0.188 e. The Morgan fingerprint density at radius 1 is 0.643 bits per heavy atom. The Morgan fingerprint density at radius 3 is 1.50 bits per heavy atom. The number of nitrogens with one attached hydrogen (secondary N) is 2. The minimum absolute atomic E-state index is 0.381. The van der Waals surface area contributed by atoms with E-state index in [1.54, 1.807) is 0 Å². The molecule has 1 aliphatic rings. The van der Waals surface area contributed by atoms with E-state index in [0.29, 0.717) is 0 Å². The third-order valence-corrected chi connectivity index (χ3v) is 44.0. The van der Waals surface area contributed by atoms with Crippen LogP contribution in [-0.4, -0.2) is 119 Å². The smallest absolute Gasteiger partial charge is 0.188 e. The summed E-state index contributed by atoms with van der Waals surface area (Å²) in [4.78, 5) is 0. The normalized spacial score (nSPS) is 33.9. The molecular weight excluding hydrogens is 463 g/mol. The average molecular weight is 512 g/mol. The molecule has 1 rings (SSSR count). The van der Waals surface area contributed by atoms with Crippen LogP contribution in [-0.2, 0) is 0 Å². The molecule has 0 spiro atoms. The highest BCUT2D eigenvalue weighted by atomic mass is 28.5. The summed E-state index contributed by atoms with van der Waals surface area (Å²) < 4.78 is 22.1. The monoisotopic (exact) mass is 511 g/mol. The molecule has 0 amide bonds. The van der Waals surface area contributed by atoms with Crippen LogP contribution in [0.25, 0.3) is 0 Å². The average Bonchev–Trinajstić information content (AvgIpc) is 2.60. The fraction of sp³-hybridized carbons (Fsp3) is 1.00. The Balaban J connectivity index is 3.45. The molecule has 28 heavy (non-hydrogen) atoms. The van der Waals surface area contributed by atoms with Gasteiger partial charge in [0.15, 0.2) is 62.4 Å². The van der Waals surface area contributed by atoms with Gasteiger partial charge in [-0.15, -0.1) is 0 Å². The highest BCUT2D eigenvalue weighted by Gasteiger charge is 2.52. The van der Waals surface area contributed by atoms with E-state index in [1.807, 2.05) is 0 Å². The van der Waals surface area contributed by atoms with Crippen LogP contribution >= 0.6 is 0 Å². The van der Waals surface area contributed by atoms with Crippen LogP contribution in [0.4, 0.5) is 0 Å². The zero-order valence-electron chi connectivity index (χ0n) is 21.2. The molecular formula is C14H49N7Si7. The van der Waals surface area contributed by atoms with Crippen LogP contribution in [0.3, 0.4) is 0 Å². The SMILES string of the molecule is CN1[SiH2]N[SiH2]N[SiH](C)N(C)[Si](C)(C)N(C)[Si](C)(C)N(C)[Si](C)(C)N(C)[Si]1(C)C. The standard InChI is InChI=1S/C14H49N7Si7/c1-17-23-15-22-16-24(6)18(2)26(9,10)20(4)28(13,14)21(5)27(11,12)19(3)25(17,7)8/h15-16,24H,22-23H2,1-14H3. The largest absolute Gasteiger partial charge is 0.346 e. The van der Waals surface area contributed by atoms with Crippen LogP contribution in [0.1, 0.15) is 0 Å². The van der Waals surface area contributed by atoms with Gasteiger partial charge < -0.3 is 30.5 Å². The molecule has 0 aromatic heterocycles. The predicted octanol–water partition coefficient (Wildman–Crippen LogP) is -0.507. The summed E-state index contributed by atoms with van der Waals surface area (Å²) in [6.07, 6.45) is 0. The van der Waals surface area contributed by atoms with E-state index in [1.165, 1.54) is 0 Å². The van der Waals surface area contributed by atoms with Gasteiger partial charge in [-0.1, -0.05) is 0 Å². The Hall–Kier alpha value is 1.24. The Labute approximate surface area is 186 Å². The Bertz CT molecular complexity index is 534. The van der Waals surface area contributed by atoms with E-state index in [2.05, 4.69) is 125 Å². The number of hydrogen-bond donors (Lipinski definition) is 2. The summed E-state index contributed by atoms with van der Waals surface area (Å²) in [5.74, 6) is 0. The van der Waals surface area contributed by atoms with Crippen molar-refractivity contribution in [1.82, 2.24) is 30.5 Å². The summed E-state index contributed by atoms with van der Waals surface area (Å²) in [7, 11) is 3.38. The third-order valence-electron chi connectivity index (χ3n) is 8.17. The van der Waals surface area contributed by atoms with Crippen molar-refractivity contribution < 1.29 is 0 Å². The predicted molar refractivity (Wildman–Crippen MR) is 145 cm³/mol. The van der Waals surface area contributed by atoms with Crippen LogP contribution in [0, 0.1) is 0 Å². The maximum atomic E-state index is 4.00. The number of nitrogens with zero attached hydrogens (tertiary/aromatic N) is 5. The topological polar surface area (TPSA) is 40.3 Å². The highest BCUT2D eigenvalue weighted by molar-refractivity contribution is 6.99. The molecule has 1 fully saturated rings. The first kappa shape index (κ1) is 27.3. The van der Waals surface area contributed by atoms with Crippen LogP contribution in [0.5, 0.6) is 0 Å². The Morgan fingerprint density at radius 2 is 1.04 bits per heavy atom. The second kappa shape index (κ2) is 9.39. The highest BCUT2D eigenvalue weighted by Crippen LogP contribution is 2.30. The van der Waals surface area contributed by atoms with Gasteiger partial charge in [0, 0.05) is 0 Å². The molecule has 0 aromatic carbocycles. The quantitative estimate of drug-likeness (QED) is 0.425. The summed E-state index contributed by atoms with van der Waals surface area (Å²) >= 11 is 0. The molecule has 14 heteroatoms. The van der Waals surface area contributed by atoms with E-state index in [-0.39, 0.29) is 9.84 Å². The van der Waals surface area contributed by atoms with Gasteiger partial charge in [-0.3, -0.25) is 0 Å². The molecule has 1 atom stereocenters. The zero-order valence-corrected chi connectivity index (χ0v) is 29.2. The fourth-order valence-corrected chi connectivity index (χ4v) is 40.6. The third kappa shape index (κ3) is 5.17. The van der Waals surface area contributed by atoms with Gasteiger partial charge in [-0.2, -0.15) is 0 Å². The number of hydrogen-bond acceptors (Lipinski definition) is 7. The Kier molecular flexibility index (Phi) is 9.14. The number of rotatable bonds is 0. The van der Waals surface area contributed by atoms with Crippen molar-refractivity contribution in [2.75, 3.05) is 35.2 Å². The lowest BCUT2D eigenvalue weighted by molar-refractivity contribution is 0.525. The lowest BCUT2D eigenvalue weighted by atomic mass is 11.5. The van der Waals surface area contributed by atoms with Crippen molar-refractivity contribution in [2.45, 2.75) is 58.9 Å². The van der Waals surface area contributed by atoms with Crippen LogP contribution in [0.2, 0.25) is 58.9 Å². The van der Waals surface area contributed by atoms with Crippen LogP contribution < -0.4 is 9.30 Å². The molecule has 0 radical (unpaired) electrons. The lowest BCUT2D eigenvalue weighted by Crippen LogP contribution is -2.82. The van der Waals surface area contributed by atoms with E-state index in [9.17, 15) is 0 Å². The molecule has 1 unspecified atom stereocenters. The summed E-state index contributed by atoms with van der Waals surface area (Å²) in [5, 5.41) is 0. The lowest BCUT2D eigenvalue weighted by Gasteiger charge is -2.59. The van der Waals surface area contributed by atoms with Crippen molar-refractivity contribution >= 4 is 62.4 Å². The van der Waals surface area contributed by atoms with Crippen molar-refractivity contribution in [3.8, 4) is 0 Å². The molecule has 1 saturated heterocycles. The molecule has 1 heterocycles. The summed E-state index contributed by atoms with van der Waals surface area (Å²) in [5.41, 5.74) is 0. The van der Waals surface area contributed by atoms with Gasteiger partial charge in [0.25, 0.3) is 0 Å². The van der Waals surface area contributed by atoms with Gasteiger partial charge in [-0.05, 0) is 94.2 Å². The first-order chi connectivity index (χ1) is 12.4.